The Kier molecular flexibility index (Phi) is 5.10. The highest BCUT2D eigenvalue weighted by Crippen LogP contribution is 2.29. The second-order valence-electron chi connectivity index (χ2n) is 3.80. The van der Waals surface area contributed by atoms with Crippen molar-refractivity contribution in [3.63, 3.8) is 0 Å². The lowest BCUT2D eigenvalue weighted by Crippen LogP contribution is -2.41. The number of nitrogen functional groups attached to an aromatic ring is 1. The minimum absolute atomic E-state index is 0.0435. The van der Waals surface area contributed by atoms with Crippen LogP contribution in [0, 0.1) is 0 Å². The quantitative estimate of drug-likeness (QED) is 0.470. The zero-order valence-corrected chi connectivity index (χ0v) is 11.6. The summed E-state index contributed by atoms with van der Waals surface area (Å²) in [6.07, 6.45) is 3.00. The highest BCUT2D eigenvalue weighted by Gasteiger charge is 2.26. The molecule has 0 radical (unpaired) electrons. The first-order valence-corrected chi connectivity index (χ1v) is 6.28. The fraction of sp³-hybridized carbons (Fsp3) is 0.600. The molecule has 0 saturated carbocycles. The lowest BCUT2D eigenvalue weighted by Gasteiger charge is -2.31. The van der Waals surface area contributed by atoms with Crippen molar-refractivity contribution >= 4 is 27.6 Å². The van der Waals surface area contributed by atoms with E-state index in [2.05, 4.69) is 36.6 Å². The first-order valence-electron chi connectivity index (χ1n) is 5.48. The van der Waals surface area contributed by atoms with E-state index in [-0.39, 0.29) is 12.1 Å². The molecule has 1 aromatic rings. The zero-order valence-electron chi connectivity index (χ0n) is 10.00. The van der Waals surface area contributed by atoms with Gasteiger partial charge in [-0.2, -0.15) is 0 Å². The molecule has 0 saturated heterocycles. The lowest BCUT2D eigenvalue weighted by molar-refractivity contribution is 0.202. The van der Waals surface area contributed by atoms with Gasteiger partial charge in [0.25, 0.3) is 0 Å². The molecule has 0 aliphatic carbocycles. The van der Waals surface area contributed by atoms with Crippen molar-refractivity contribution < 1.29 is 5.11 Å². The minimum atomic E-state index is -0.372. The van der Waals surface area contributed by atoms with Crippen molar-refractivity contribution in [2.75, 3.05) is 17.3 Å². The summed E-state index contributed by atoms with van der Waals surface area (Å²) < 4.78 is 0.655. The molecule has 0 bridgehead atoms. The maximum atomic E-state index is 9.49. The number of hydrazine groups is 1. The Balaban J connectivity index is 3.01. The molecule has 1 heterocycles. The Morgan fingerprint density at radius 1 is 1.35 bits per heavy atom. The highest BCUT2D eigenvalue weighted by atomic mass is 79.9. The summed E-state index contributed by atoms with van der Waals surface area (Å²) in [5, 5.41) is 12.7. The van der Waals surface area contributed by atoms with Gasteiger partial charge in [0.2, 0.25) is 0 Å². The highest BCUT2D eigenvalue weighted by molar-refractivity contribution is 9.10. The van der Waals surface area contributed by atoms with Gasteiger partial charge in [-0.1, -0.05) is 13.8 Å². The summed E-state index contributed by atoms with van der Waals surface area (Å²) in [6.45, 7) is 4.08. The van der Waals surface area contributed by atoms with E-state index in [1.54, 1.807) is 0 Å². The van der Waals surface area contributed by atoms with E-state index in [1.165, 1.54) is 6.33 Å². The fourth-order valence-electron chi connectivity index (χ4n) is 1.50. The molecular weight excluding hydrogens is 286 g/mol. The number of halogens is 1. The second kappa shape index (κ2) is 6.13. The summed E-state index contributed by atoms with van der Waals surface area (Å²) in [5.74, 6) is 6.45. The number of aromatic nitrogens is 2. The molecule has 0 aromatic carbocycles. The van der Waals surface area contributed by atoms with Crippen LogP contribution in [0.4, 0.5) is 11.6 Å². The van der Waals surface area contributed by atoms with Crippen molar-refractivity contribution in [2.45, 2.75) is 32.2 Å². The van der Waals surface area contributed by atoms with E-state index < -0.39 is 0 Å². The van der Waals surface area contributed by atoms with Crippen LogP contribution >= 0.6 is 15.9 Å². The third-order valence-electron chi connectivity index (χ3n) is 2.97. The summed E-state index contributed by atoms with van der Waals surface area (Å²) in [5.41, 5.74) is 2.10. The Bertz CT molecular complexity index is 361. The van der Waals surface area contributed by atoms with Crippen molar-refractivity contribution in [2.24, 2.45) is 5.84 Å². The normalized spacial score (nSPS) is 11.4. The van der Waals surface area contributed by atoms with Gasteiger partial charge in [-0.05, 0) is 28.8 Å². The minimum Gasteiger partial charge on any atom is -0.394 e. The van der Waals surface area contributed by atoms with Crippen LogP contribution in [-0.4, -0.2) is 27.2 Å². The molecule has 96 valence electrons. The second-order valence-corrected chi connectivity index (χ2v) is 4.59. The number of nitrogens with two attached hydrogens (primary N) is 1. The van der Waals surface area contributed by atoms with Crippen molar-refractivity contribution in [3.05, 3.63) is 10.8 Å². The summed E-state index contributed by atoms with van der Waals surface area (Å²) >= 11 is 3.37. The summed E-state index contributed by atoms with van der Waals surface area (Å²) in [4.78, 5) is 8.11. The van der Waals surface area contributed by atoms with Crippen molar-refractivity contribution in [1.29, 1.82) is 0 Å². The van der Waals surface area contributed by atoms with Gasteiger partial charge >= 0.3 is 0 Å². The molecule has 0 amide bonds. The van der Waals surface area contributed by atoms with Gasteiger partial charge in [-0.25, -0.2) is 15.8 Å². The van der Waals surface area contributed by atoms with Crippen molar-refractivity contribution in [3.8, 4) is 0 Å². The van der Waals surface area contributed by atoms with Crippen LogP contribution in [-0.2, 0) is 0 Å². The predicted molar refractivity (Wildman–Crippen MR) is 71.6 cm³/mol. The fourth-order valence-corrected chi connectivity index (χ4v) is 1.92. The Morgan fingerprint density at radius 2 is 1.94 bits per heavy atom. The van der Waals surface area contributed by atoms with E-state index in [0.29, 0.717) is 16.1 Å². The van der Waals surface area contributed by atoms with Gasteiger partial charge in [-0.3, -0.25) is 0 Å². The number of nitrogens with zero attached hydrogens (tertiary/aromatic N) is 2. The largest absolute Gasteiger partial charge is 0.394 e. The monoisotopic (exact) mass is 303 g/mol. The number of nitrogens with one attached hydrogen (secondary N) is 2. The Hall–Kier alpha value is -0.920. The molecule has 6 nitrogen and oxygen atoms in total. The average molecular weight is 304 g/mol. The van der Waals surface area contributed by atoms with E-state index in [0.717, 1.165) is 12.8 Å². The zero-order chi connectivity index (χ0) is 12.9. The molecule has 0 aliphatic heterocycles. The smallest absolute Gasteiger partial charge is 0.159 e. The third-order valence-corrected chi connectivity index (χ3v) is 3.72. The van der Waals surface area contributed by atoms with Gasteiger partial charge in [0.1, 0.15) is 16.6 Å². The number of rotatable bonds is 6. The molecule has 0 aliphatic rings. The molecule has 0 atom stereocenters. The van der Waals surface area contributed by atoms with Gasteiger partial charge in [0.05, 0.1) is 12.1 Å². The molecule has 0 fully saturated rings. The van der Waals surface area contributed by atoms with Gasteiger partial charge in [0, 0.05) is 0 Å². The molecular formula is C10H18BrN5O. The molecule has 17 heavy (non-hydrogen) atoms. The van der Waals surface area contributed by atoms with Gasteiger partial charge in [0.15, 0.2) is 5.82 Å². The predicted octanol–water partition coefficient (Wildman–Crippen LogP) is 1.49. The van der Waals surface area contributed by atoms with Crippen LogP contribution in [0.2, 0.25) is 0 Å². The topological polar surface area (TPSA) is 96.1 Å². The molecule has 7 heteroatoms. The molecule has 1 aromatic heterocycles. The maximum Gasteiger partial charge on any atom is 0.159 e. The number of aliphatic hydroxyl groups excluding tert-OH is 1. The summed E-state index contributed by atoms with van der Waals surface area (Å²) in [6, 6.07) is 0. The molecule has 5 N–H and O–H groups in total. The first-order chi connectivity index (χ1) is 8.12. The van der Waals surface area contributed by atoms with Crippen LogP contribution in [0.25, 0.3) is 0 Å². The molecule has 1 rings (SSSR count). The maximum absolute atomic E-state index is 9.49. The van der Waals surface area contributed by atoms with Crippen molar-refractivity contribution in [1.82, 2.24) is 9.97 Å². The number of aliphatic hydroxyl groups is 1. The number of hydrogen-bond donors (Lipinski definition) is 4. The van der Waals surface area contributed by atoms with E-state index in [9.17, 15) is 5.11 Å². The van der Waals surface area contributed by atoms with Crippen LogP contribution < -0.4 is 16.6 Å². The van der Waals surface area contributed by atoms with Crippen LogP contribution in [0.3, 0.4) is 0 Å². The number of hydrogen-bond acceptors (Lipinski definition) is 6. The molecule has 0 unspecified atom stereocenters. The van der Waals surface area contributed by atoms with Crippen LogP contribution in [0.5, 0.6) is 0 Å². The lowest BCUT2D eigenvalue weighted by atomic mass is 9.94. The Morgan fingerprint density at radius 3 is 2.41 bits per heavy atom. The van der Waals surface area contributed by atoms with E-state index in [4.69, 9.17) is 5.84 Å². The summed E-state index contributed by atoms with van der Waals surface area (Å²) in [7, 11) is 0. The first kappa shape index (κ1) is 14.1. The molecule has 0 spiro atoms. The average Bonchev–Trinajstić information content (AvgIpc) is 2.38. The standard InChI is InChI=1S/C10H18BrN5O/c1-3-10(4-2,5-17)15-8-7(11)9(16-12)14-6-13-8/h6,17H,3-5,12H2,1-2H3,(H2,13,14,15,16). The van der Waals surface area contributed by atoms with Gasteiger partial charge < -0.3 is 15.8 Å². The van der Waals surface area contributed by atoms with Crippen LogP contribution in [0.15, 0.2) is 10.8 Å². The number of anilines is 2. The third kappa shape index (κ3) is 3.05. The van der Waals surface area contributed by atoms with Crippen LogP contribution in [0.1, 0.15) is 26.7 Å². The van der Waals surface area contributed by atoms with Gasteiger partial charge in [-0.15, -0.1) is 0 Å². The van der Waals surface area contributed by atoms with E-state index in [1.807, 2.05) is 13.8 Å². The Labute approximate surface area is 109 Å². The van der Waals surface area contributed by atoms with E-state index >= 15 is 0 Å². The SMILES string of the molecule is CCC(CC)(CO)Nc1ncnc(NN)c1Br.